The summed E-state index contributed by atoms with van der Waals surface area (Å²) in [4.78, 5) is 25.2. The van der Waals surface area contributed by atoms with Crippen LogP contribution in [0.1, 0.15) is 38.7 Å². The van der Waals surface area contributed by atoms with Gasteiger partial charge in [0.2, 0.25) is 5.91 Å². The van der Waals surface area contributed by atoms with Gasteiger partial charge in [-0.3, -0.25) is 9.59 Å². The SMILES string of the molecule is CCC(C)C(C(=O)N(C)CC(C)C(=O)O)c1ccccc1. The van der Waals surface area contributed by atoms with E-state index in [9.17, 15) is 9.59 Å². The van der Waals surface area contributed by atoms with Crippen LogP contribution in [-0.2, 0) is 9.59 Å². The van der Waals surface area contributed by atoms with Gasteiger partial charge >= 0.3 is 5.97 Å². The summed E-state index contributed by atoms with van der Waals surface area (Å²) in [5.41, 5.74) is 0.992. The Morgan fingerprint density at radius 1 is 1.19 bits per heavy atom. The fourth-order valence-electron chi connectivity index (χ4n) is 2.43. The number of aliphatic carboxylic acids is 1. The van der Waals surface area contributed by atoms with Crippen LogP contribution in [0.4, 0.5) is 0 Å². The number of hydrogen-bond donors (Lipinski definition) is 1. The third-order valence-electron chi connectivity index (χ3n) is 3.98. The van der Waals surface area contributed by atoms with E-state index in [1.807, 2.05) is 30.3 Å². The van der Waals surface area contributed by atoms with Crippen molar-refractivity contribution in [2.24, 2.45) is 11.8 Å². The first kappa shape index (κ1) is 17.2. The second kappa shape index (κ2) is 7.81. The van der Waals surface area contributed by atoms with Crippen molar-refractivity contribution in [3.63, 3.8) is 0 Å². The number of likely N-dealkylation sites (N-methyl/N-ethyl adjacent to an activating group) is 1. The van der Waals surface area contributed by atoms with Crippen LogP contribution in [0.2, 0.25) is 0 Å². The number of benzene rings is 1. The lowest BCUT2D eigenvalue weighted by Gasteiger charge is -2.28. The molecule has 1 amide bonds. The Bertz CT molecular complexity index is 472. The van der Waals surface area contributed by atoms with Crippen LogP contribution in [0.5, 0.6) is 0 Å². The summed E-state index contributed by atoms with van der Waals surface area (Å²) in [6.45, 7) is 5.97. The zero-order valence-electron chi connectivity index (χ0n) is 13.2. The predicted octanol–water partition coefficient (Wildman–Crippen LogP) is 3.00. The Kier molecular flexibility index (Phi) is 6.40. The molecule has 3 unspecified atom stereocenters. The van der Waals surface area contributed by atoms with E-state index in [-0.39, 0.29) is 24.3 Å². The predicted molar refractivity (Wildman–Crippen MR) is 83.1 cm³/mol. The number of nitrogens with zero attached hydrogens (tertiary/aromatic N) is 1. The zero-order chi connectivity index (χ0) is 16.0. The lowest BCUT2D eigenvalue weighted by molar-refractivity contribution is -0.143. The van der Waals surface area contributed by atoms with Gasteiger partial charge in [-0.1, -0.05) is 57.5 Å². The molecule has 3 atom stereocenters. The molecule has 0 radical (unpaired) electrons. The molecule has 21 heavy (non-hydrogen) atoms. The minimum absolute atomic E-state index is 0.0105. The molecule has 1 rings (SSSR count). The van der Waals surface area contributed by atoms with Gasteiger partial charge in [0.1, 0.15) is 0 Å². The topological polar surface area (TPSA) is 57.6 Å². The van der Waals surface area contributed by atoms with Crippen LogP contribution in [0.15, 0.2) is 30.3 Å². The van der Waals surface area contributed by atoms with Crippen molar-refractivity contribution in [2.45, 2.75) is 33.1 Å². The van der Waals surface area contributed by atoms with Crippen LogP contribution >= 0.6 is 0 Å². The Balaban J connectivity index is 2.93. The first-order valence-electron chi connectivity index (χ1n) is 7.41. The average Bonchev–Trinajstić information content (AvgIpc) is 2.47. The second-order valence-electron chi connectivity index (χ2n) is 5.73. The lowest BCUT2D eigenvalue weighted by atomic mass is 9.84. The van der Waals surface area contributed by atoms with Crippen LogP contribution in [0.25, 0.3) is 0 Å². The van der Waals surface area contributed by atoms with Crippen molar-refractivity contribution in [3.8, 4) is 0 Å². The normalized spacial score (nSPS) is 15.0. The Morgan fingerprint density at radius 2 is 1.76 bits per heavy atom. The van der Waals surface area contributed by atoms with E-state index in [1.165, 1.54) is 0 Å². The van der Waals surface area contributed by atoms with Gasteiger partial charge in [0.05, 0.1) is 11.8 Å². The molecular weight excluding hydrogens is 266 g/mol. The molecule has 0 fully saturated rings. The molecule has 1 N–H and O–H groups in total. The molecule has 0 heterocycles. The Hall–Kier alpha value is -1.84. The van der Waals surface area contributed by atoms with Gasteiger partial charge in [0, 0.05) is 13.6 Å². The molecule has 0 aromatic heterocycles. The molecule has 0 saturated heterocycles. The summed E-state index contributed by atoms with van der Waals surface area (Å²) in [6.07, 6.45) is 0.896. The van der Waals surface area contributed by atoms with E-state index in [0.29, 0.717) is 0 Å². The number of carbonyl (C=O) groups is 2. The van der Waals surface area contributed by atoms with Crippen molar-refractivity contribution in [3.05, 3.63) is 35.9 Å². The zero-order valence-corrected chi connectivity index (χ0v) is 13.2. The fraction of sp³-hybridized carbons (Fsp3) is 0.529. The van der Waals surface area contributed by atoms with E-state index in [2.05, 4.69) is 13.8 Å². The molecule has 0 bridgehead atoms. The van der Waals surface area contributed by atoms with Gasteiger partial charge < -0.3 is 10.0 Å². The summed E-state index contributed by atoms with van der Waals surface area (Å²) in [5, 5.41) is 8.99. The van der Waals surface area contributed by atoms with Gasteiger partial charge in [-0.25, -0.2) is 0 Å². The van der Waals surface area contributed by atoms with Crippen molar-refractivity contribution in [1.82, 2.24) is 4.90 Å². The fourth-order valence-corrected chi connectivity index (χ4v) is 2.43. The lowest BCUT2D eigenvalue weighted by Crippen LogP contribution is -2.38. The number of rotatable bonds is 7. The number of carboxylic acids is 1. The second-order valence-corrected chi connectivity index (χ2v) is 5.73. The molecule has 4 nitrogen and oxygen atoms in total. The minimum Gasteiger partial charge on any atom is -0.481 e. The molecular formula is C17H25NO3. The van der Waals surface area contributed by atoms with E-state index in [1.54, 1.807) is 18.9 Å². The molecule has 0 aliphatic heterocycles. The summed E-state index contributed by atoms with van der Waals surface area (Å²) >= 11 is 0. The molecule has 116 valence electrons. The first-order chi connectivity index (χ1) is 9.88. The quantitative estimate of drug-likeness (QED) is 0.840. The molecule has 0 aliphatic rings. The standard InChI is InChI=1S/C17H25NO3/c1-5-12(2)15(14-9-7-6-8-10-14)16(19)18(4)11-13(3)17(20)21/h6-10,12-13,15H,5,11H2,1-4H3,(H,20,21). The van der Waals surface area contributed by atoms with Gasteiger partial charge in [-0.05, 0) is 11.5 Å². The maximum absolute atomic E-state index is 12.7. The monoisotopic (exact) mass is 291 g/mol. The van der Waals surface area contributed by atoms with Gasteiger partial charge in [-0.15, -0.1) is 0 Å². The van der Waals surface area contributed by atoms with Crippen LogP contribution in [0.3, 0.4) is 0 Å². The minimum atomic E-state index is -0.880. The van der Waals surface area contributed by atoms with E-state index in [4.69, 9.17) is 5.11 Å². The van der Waals surface area contributed by atoms with Crippen molar-refractivity contribution < 1.29 is 14.7 Å². The highest BCUT2D eigenvalue weighted by Gasteiger charge is 2.29. The summed E-state index contributed by atoms with van der Waals surface area (Å²) in [7, 11) is 1.68. The van der Waals surface area contributed by atoms with Gasteiger partial charge in [-0.2, -0.15) is 0 Å². The van der Waals surface area contributed by atoms with Crippen LogP contribution < -0.4 is 0 Å². The maximum atomic E-state index is 12.7. The van der Waals surface area contributed by atoms with Crippen molar-refractivity contribution in [2.75, 3.05) is 13.6 Å². The van der Waals surface area contributed by atoms with Crippen molar-refractivity contribution >= 4 is 11.9 Å². The highest BCUT2D eigenvalue weighted by molar-refractivity contribution is 5.84. The third-order valence-corrected chi connectivity index (χ3v) is 3.98. The highest BCUT2D eigenvalue weighted by atomic mass is 16.4. The Labute approximate surface area is 126 Å². The molecule has 0 spiro atoms. The number of carboxylic acid groups (broad SMARTS) is 1. The number of amides is 1. The van der Waals surface area contributed by atoms with Gasteiger partial charge in [0.15, 0.2) is 0 Å². The van der Waals surface area contributed by atoms with Crippen molar-refractivity contribution in [1.29, 1.82) is 0 Å². The molecule has 1 aromatic carbocycles. The van der Waals surface area contributed by atoms with E-state index in [0.717, 1.165) is 12.0 Å². The van der Waals surface area contributed by atoms with E-state index < -0.39 is 11.9 Å². The molecule has 1 aromatic rings. The smallest absolute Gasteiger partial charge is 0.308 e. The van der Waals surface area contributed by atoms with Crippen LogP contribution in [-0.4, -0.2) is 35.5 Å². The average molecular weight is 291 g/mol. The first-order valence-corrected chi connectivity index (χ1v) is 7.41. The third kappa shape index (κ3) is 4.59. The summed E-state index contributed by atoms with van der Waals surface area (Å²) in [5.74, 6) is -1.46. The summed E-state index contributed by atoms with van der Waals surface area (Å²) < 4.78 is 0. The molecule has 0 aliphatic carbocycles. The number of hydrogen-bond acceptors (Lipinski definition) is 2. The maximum Gasteiger partial charge on any atom is 0.308 e. The molecule has 0 saturated carbocycles. The number of carbonyl (C=O) groups excluding carboxylic acids is 1. The Morgan fingerprint density at radius 3 is 2.24 bits per heavy atom. The largest absolute Gasteiger partial charge is 0.481 e. The molecule has 4 heteroatoms. The van der Waals surface area contributed by atoms with E-state index >= 15 is 0 Å². The van der Waals surface area contributed by atoms with Gasteiger partial charge in [0.25, 0.3) is 0 Å². The van der Waals surface area contributed by atoms with Crippen LogP contribution in [0, 0.1) is 11.8 Å². The highest BCUT2D eigenvalue weighted by Crippen LogP contribution is 2.28. The summed E-state index contributed by atoms with van der Waals surface area (Å²) in [6, 6.07) is 9.71.